The summed E-state index contributed by atoms with van der Waals surface area (Å²) in [5.74, 6) is 0.377. The zero-order valence-electron chi connectivity index (χ0n) is 10.9. The average molecular weight is 247 g/mol. The summed E-state index contributed by atoms with van der Waals surface area (Å²) in [4.78, 5) is 0. The molecule has 1 atom stereocenters. The highest BCUT2D eigenvalue weighted by atomic mass is 16.5. The van der Waals surface area contributed by atoms with E-state index in [1.165, 1.54) is 30.4 Å². The number of aromatic hydroxyl groups is 1. The minimum Gasteiger partial charge on any atom is -0.508 e. The molecule has 3 heteroatoms. The van der Waals surface area contributed by atoms with E-state index in [0.717, 1.165) is 19.4 Å². The van der Waals surface area contributed by atoms with E-state index >= 15 is 0 Å². The van der Waals surface area contributed by atoms with E-state index in [4.69, 9.17) is 4.74 Å². The van der Waals surface area contributed by atoms with Crippen LogP contribution in [0.15, 0.2) is 18.2 Å². The molecule has 0 saturated heterocycles. The Morgan fingerprint density at radius 3 is 2.94 bits per heavy atom. The second-order valence-corrected chi connectivity index (χ2v) is 5.60. The first-order valence-electron chi connectivity index (χ1n) is 6.83. The normalized spacial score (nSPS) is 24.6. The lowest BCUT2D eigenvalue weighted by Crippen LogP contribution is -2.48. The Labute approximate surface area is 108 Å². The van der Waals surface area contributed by atoms with Gasteiger partial charge in [-0.05, 0) is 55.4 Å². The monoisotopic (exact) mass is 247 g/mol. The summed E-state index contributed by atoms with van der Waals surface area (Å²) in [6.45, 7) is 0.939. The second-order valence-electron chi connectivity index (χ2n) is 5.60. The van der Waals surface area contributed by atoms with Crippen molar-refractivity contribution in [2.24, 2.45) is 0 Å². The minimum atomic E-state index is 0.0830. The third-order valence-corrected chi connectivity index (χ3v) is 4.57. The Bertz CT molecular complexity index is 435. The number of hydrogen-bond donors (Lipinski definition) is 2. The van der Waals surface area contributed by atoms with Crippen molar-refractivity contribution in [2.45, 2.75) is 43.7 Å². The molecule has 0 radical (unpaired) electrons. The molecule has 3 rings (SSSR count). The van der Waals surface area contributed by atoms with Gasteiger partial charge in [-0.25, -0.2) is 0 Å². The Hall–Kier alpha value is -1.06. The van der Waals surface area contributed by atoms with Gasteiger partial charge in [0, 0.05) is 19.7 Å². The topological polar surface area (TPSA) is 41.5 Å². The number of aryl methyl sites for hydroxylation is 1. The zero-order chi connectivity index (χ0) is 12.6. The third kappa shape index (κ3) is 2.02. The van der Waals surface area contributed by atoms with Gasteiger partial charge in [0.2, 0.25) is 0 Å². The van der Waals surface area contributed by atoms with Crippen molar-refractivity contribution in [1.29, 1.82) is 0 Å². The van der Waals surface area contributed by atoms with Gasteiger partial charge in [-0.15, -0.1) is 0 Å². The van der Waals surface area contributed by atoms with Crippen LogP contribution in [-0.4, -0.2) is 24.4 Å². The van der Waals surface area contributed by atoms with Crippen molar-refractivity contribution >= 4 is 0 Å². The van der Waals surface area contributed by atoms with Gasteiger partial charge in [0.1, 0.15) is 5.75 Å². The molecule has 0 aromatic heterocycles. The summed E-state index contributed by atoms with van der Waals surface area (Å²) in [6.07, 6.45) is 5.81. The Morgan fingerprint density at radius 2 is 2.28 bits per heavy atom. The maximum atomic E-state index is 9.49. The number of phenolic OH excluding ortho intramolecular Hbond substituents is 1. The number of nitrogens with one attached hydrogen (secondary N) is 1. The highest BCUT2D eigenvalue weighted by Crippen LogP contribution is 2.37. The summed E-state index contributed by atoms with van der Waals surface area (Å²) < 4.78 is 5.64. The molecule has 1 fully saturated rings. The lowest BCUT2D eigenvalue weighted by atomic mass is 9.80. The van der Waals surface area contributed by atoms with Crippen LogP contribution in [0.2, 0.25) is 0 Å². The van der Waals surface area contributed by atoms with Gasteiger partial charge < -0.3 is 15.2 Å². The van der Waals surface area contributed by atoms with Crippen LogP contribution >= 0.6 is 0 Å². The van der Waals surface area contributed by atoms with E-state index in [9.17, 15) is 5.11 Å². The maximum Gasteiger partial charge on any atom is 0.115 e. The predicted molar refractivity (Wildman–Crippen MR) is 70.8 cm³/mol. The standard InChI is InChI=1S/C15H21NO2/c1-18-15(7-2-8-15)10-16-14-6-3-11-9-12(17)4-5-13(11)14/h4-5,9,14,16-17H,2-3,6-8,10H2,1H3. The number of methoxy groups -OCH3 is 1. The number of hydrogen-bond acceptors (Lipinski definition) is 3. The van der Waals surface area contributed by atoms with Crippen molar-refractivity contribution in [1.82, 2.24) is 5.32 Å². The summed E-state index contributed by atoms with van der Waals surface area (Å²) >= 11 is 0. The Kier molecular flexibility index (Phi) is 3.04. The zero-order valence-corrected chi connectivity index (χ0v) is 10.9. The minimum absolute atomic E-state index is 0.0830. The lowest BCUT2D eigenvalue weighted by molar-refractivity contribution is -0.0709. The second kappa shape index (κ2) is 4.56. The molecular formula is C15H21NO2. The highest BCUT2D eigenvalue weighted by Gasteiger charge is 2.37. The van der Waals surface area contributed by atoms with Crippen molar-refractivity contribution in [3.8, 4) is 5.75 Å². The molecule has 0 spiro atoms. The van der Waals surface area contributed by atoms with Crippen LogP contribution < -0.4 is 5.32 Å². The molecule has 98 valence electrons. The largest absolute Gasteiger partial charge is 0.508 e. The van der Waals surface area contributed by atoms with Crippen molar-refractivity contribution in [3.63, 3.8) is 0 Å². The fourth-order valence-electron chi connectivity index (χ4n) is 3.15. The van der Waals surface area contributed by atoms with Gasteiger partial charge in [0.05, 0.1) is 5.60 Å². The molecule has 2 aliphatic carbocycles. The molecule has 2 N–H and O–H groups in total. The van der Waals surface area contributed by atoms with Crippen LogP contribution in [0.3, 0.4) is 0 Å². The van der Waals surface area contributed by atoms with Gasteiger partial charge in [0.15, 0.2) is 0 Å². The predicted octanol–water partition coefficient (Wildman–Crippen LogP) is 2.54. The molecule has 0 bridgehead atoms. The van der Waals surface area contributed by atoms with Gasteiger partial charge in [-0.3, -0.25) is 0 Å². The van der Waals surface area contributed by atoms with Gasteiger partial charge in [-0.1, -0.05) is 6.07 Å². The number of phenols is 1. The molecule has 1 aromatic carbocycles. The Balaban J connectivity index is 1.66. The van der Waals surface area contributed by atoms with Crippen LogP contribution in [0.25, 0.3) is 0 Å². The molecule has 0 aliphatic heterocycles. The molecule has 0 heterocycles. The van der Waals surface area contributed by atoms with E-state index in [1.54, 1.807) is 6.07 Å². The van der Waals surface area contributed by atoms with Crippen LogP contribution in [0.5, 0.6) is 5.75 Å². The SMILES string of the molecule is COC1(CNC2CCc3cc(O)ccc32)CCC1. The fraction of sp³-hybridized carbons (Fsp3) is 0.600. The summed E-state index contributed by atoms with van der Waals surface area (Å²) in [7, 11) is 1.82. The van der Waals surface area contributed by atoms with Crippen LogP contribution in [0.1, 0.15) is 42.9 Å². The highest BCUT2D eigenvalue weighted by molar-refractivity contribution is 5.40. The smallest absolute Gasteiger partial charge is 0.115 e. The average Bonchev–Trinajstić information content (AvgIpc) is 2.71. The first kappa shape index (κ1) is 12.0. The van der Waals surface area contributed by atoms with Crippen molar-refractivity contribution < 1.29 is 9.84 Å². The first-order valence-corrected chi connectivity index (χ1v) is 6.83. The maximum absolute atomic E-state index is 9.49. The number of benzene rings is 1. The Morgan fingerprint density at radius 1 is 1.44 bits per heavy atom. The van der Waals surface area contributed by atoms with Gasteiger partial charge >= 0.3 is 0 Å². The summed E-state index contributed by atoms with van der Waals surface area (Å²) in [6, 6.07) is 6.16. The van der Waals surface area contributed by atoms with Crippen molar-refractivity contribution in [3.05, 3.63) is 29.3 Å². The lowest BCUT2D eigenvalue weighted by Gasteiger charge is -2.41. The van der Waals surface area contributed by atoms with E-state index in [-0.39, 0.29) is 5.60 Å². The molecule has 1 aromatic rings. The summed E-state index contributed by atoms with van der Waals surface area (Å²) in [5, 5.41) is 13.1. The third-order valence-electron chi connectivity index (χ3n) is 4.57. The summed E-state index contributed by atoms with van der Waals surface area (Å²) in [5.41, 5.74) is 2.71. The van der Waals surface area contributed by atoms with Crippen molar-refractivity contribution in [2.75, 3.05) is 13.7 Å². The number of fused-ring (bicyclic) bond motifs is 1. The van der Waals surface area contributed by atoms with E-state index in [0.29, 0.717) is 11.8 Å². The molecule has 1 saturated carbocycles. The van der Waals surface area contributed by atoms with E-state index < -0.39 is 0 Å². The first-order chi connectivity index (χ1) is 8.72. The van der Waals surface area contributed by atoms with E-state index in [1.807, 2.05) is 13.2 Å². The number of ether oxygens (including phenoxy) is 1. The quantitative estimate of drug-likeness (QED) is 0.859. The van der Waals surface area contributed by atoms with Gasteiger partial charge in [0.25, 0.3) is 0 Å². The van der Waals surface area contributed by atoms with Crippen LogP contribution in [0.4, 0.5) is 0 Å². The number of rotatable bonds is 4. The molecule has 2 aliphatic rings. The van der Waals surface area contributed by atoms with Gasteiger partial charge in [-0.2, -0.15) is 0 Å². The molecule has 3 nitrogen and oxygen atoms in total. The molecule has 0 amide bonds. The van der Waals surface area contributed by atoms with E-state index in [2.05, 4.69) is 11.4 Å². The molecule has 18 heavy (non-hydrogen) atoms. The molecular weight excluding hydrogens is 226 g/mol. The van der Waals surface area contributed by atoms with Crippen LogP contribution in [0, 0.1) is 0 Å². The van der Waals surface area contributed by atoms with Crippen LogP contribution in [-0.2, 0) is 11.2 Å². The molecule has 1 unspecified atom stereocenters. The fourth-order valence-corrected chi connectivity index (χ4v) is 3.15.